The lowest BCUT2D eigenvalue weighted by Crippen LogP contribution is -1.94. The van der Waals surface area contributed by atoms with E-state index in [2.05, 4.69) is 15.8 Å². The summed E-state index contributed by atoms with van der Waals surface area (Å²) in [6, 6.07) is 6.97. The van der Waals surface area contributed by atoms with Crippen LogP contribution in [0.4, 0.5) is 15.1 Å². The molecule has 86 valence electrons. The molecule has 0 amide bonds. The Morgan fingerprint density at radius 3 is 2.82 bits per heavy atom. The number of rotatable bonds is 2. The smallest absolute Gasteiger partial charge is 0.146 e. The van der Waals surface area contributed by atoms with Crippen molar-refractivity contribution in [2.45, 2.75) is 13.8 Å². The SMILES string of the molecule is Cc1ccc(Nc2snc(C)c2C#N)c(F)c1. The van der Waals surface area contributed by atoms with Gasteiger partial charge in [-0.3, -0.25) is 0 Å². The zero-order chi connectivity index (χ0) is 12.4. The van der Waals surface area contributed by atoms with Gasteiger partial charge in [0.1, 0.15) is 22.5 Å². The molecule has 0 bridgehead atoms. The highest BCUT2D eigenvalue weighted by Gasteiger charge is 2.11. The maximum Gasteiger partial charge on any atom is 0.146 e. The Kier molecular flexibility index (Phi) is 3.07. The Bertz CT molecular complexity index is 598. The fraction of sp³-hybridized carbons (Fsp3) is 0.167. The van der Waals surface area contributed by atoms with E-state index in [9.17, 15) is 4.39 Å². The van der Waals surface area contributed by atoms with Crippen LogP contribution < -0.4 is 5.32 Å². The van der Waals surface area contributed by atoms with Crippen LogP contribution in [-0.2, 0) is 0 Å². The monoisotopic (exact) mass is 247 g/mol. The summed E-state index contributed by atoms with van der Waals surface area (Å²) in [6.45, 7) is 3.58. The summed E-state index contributed by atoms with van der Waals surface area (Å²) in [5.41, 5.74) is 2.34. The molecular weight excluding hydrogens is 237 g/mol. The molecule has 2 rings (SSSR count). The minimum atomic E-state index is -0.333. The first-order chi connectivity index (χ1) is 8.11. The van der Waals surface area contributed by atoms with Gasteiger partial charge in [-0.1, -0.05) is 6.07 Å². The van der Waals surface area contributed by atoms with Gasteiger partial charge in [0, 0.05) is 0 Å². The fourth-order valence-electron chi connectivity index (χ4n) is 1.43. The third-order valence-corrected chi connectivity index (χ3v) is 3.20. The summed E-state index contributed by atoms with van der Waals surface area (Å²) in [5, 5.41) is 12.4. The maximum atomic E-state index is 13.6. The van der Waals surface area contributed by atoms with Crippen LogP contribution in [0.2, 0.25) is 0 Å². The average Bonchev–Trinajstić information content (AvgIpc) is 2.63. The van der Waals surface area contributed by atoms with Crippen molar-refractivity contribution in [3.8, 4) is 6.07 Å². The molecule has 0 atom stereocenters. The second-order valence-electron chi connectivity index (χ2n) is 3.69. The summed E-state index contributed by atoms with van der Waals surface area (Å²) in [6.07, 6.45) is 0. The van der Waals surface area contributed by atoms with Gasteiger partial charge in [0.15, 0.2) is 0 Å². The number of anilines is 2. The summed E-state index contributed by atoms with van der Waals surface area (Å²) in [4.78, 5) is 0. The van der Waals surface area contributed by atoms with E-state index >= 15 is 0 Å². The Hall–Kier alpha value is -1.93. The van der Waals surface area contributed by atoms with E-state index in [1.807, 2.05) is 13.0 Å². The molecule has 0 saturated carbocycles. The molecule has 17 heavy (non-hydrogen) atoms. The normalized spacial score (nSPS) is 10.0. The molecule has 0 radical (unpaired) electrons. The summed E-state index contributed by atoms with van der Waals surface area (Å²) in [7, 11) is 0. The minimum Gasteiger partial charge on any atom is -0.342 e. The zero-order valence-corrected chi connectivity index (χ0v) is 10.2. The predicted molar refractivity (Wildman–Crippen MR) is 66.0 cm³/mol. The zero-order valence-electron chi connectivity index (χ0n) is 9.41. The molecule has 0 aliphatic carbocycles. The Labute approximate surface area is 103 Å². The first kappa shape index (κ1) is 11.6. The Morgan fingerprint density at radius 1 is 1.41 bits per heavy atom. The second kappa shape index (κ2) is 4.52. The number of aromatic nitrogens is 1. The van der Waals surface area contributed by atoms with Crippen molar-refractivity contribution in [2.75, 3.05) is 5.32 Å². The topological polar surface area (TPSA) is 48.7 Å². The molecule has 3 nitrogen and oxygen atoms in total. The lowest BCUT2D eigenvalue weighted by atomic mass is 10.2. The molecule has 0 aliphatic heterocycles. The van der Waals surface area contributed by atoms with Gasteiger partial charge in [-0.2, -0.15) is 9.64 Å². The van der Waals surface area contributed by atoms with Crippen molar-refractivity contribution in [2.24, 2.45) is 0 Å². The van der Waals surface area contributed by atoms with E-state index in [-0.39, 0.29) is 5.82 Å². The minimum absolute atomic E-state index is 0.333. The standard InChI is InChI=1S/C12H10FN3S/c1-7-3-4-11(10(13)5-7)15-12-9(6-14)8(2)16-17-12/h3-5,15H,1-2H3. The number of benzene rings is 1. The van der Waals surface area contributed by atoms with Crippen molar-refractivity contribution in [1.82, 2.24) is 4.37 Å². The fourth-order valence-corrected chi connectivity index (χ4v) is 2.19. The number of nitrogens with one attached hydrogen (secondary N) is 1. The van der Waals surface area contributed by atoms with Crippen LogP contribution in [-0.4, -0.2) is 4.37 Å². The van der Waals surface area contributed by atoms with Crippen LogP contribution in [0.25, 0.3) is 0 Å². The Morgan fingerprint density at radius 2 is 2.18 bits per heavy atom. The molecule has 0 saturated heterocycles. The quantitative estimate of drug-likeness (QED) is 0.883. The van der Waals surface area contributed by atoms with Gasteiger partial charge in [0.2, 0.25) is 0 Å². The van der Waals surface area contributed by atoms with E-state index in [4.69, 9.17) is 5.26 Å². The molecule has 1 N–H and O–H groups in total. The number of nitriles is 1. The van der Waals surface area contributed by atoms with Crippen molar-refractivity contribution in [3.63, 3.8) is 0 Å². The third kappa shape index (κ3) is 2.27. The molecule has 0 aliphatic rings. The first-order valence-electron chi connectivity index (χ1n) is 5.01. The van der Waals surface area contributed by atoms with E-state index in [1.54, 1.807) is 13.0 Å². The molecule has 2 aromatic rings. The Balaban J connectivity index is 2.35. The molecule has 1 heterocycles. The molecule has 0 fully saturated rings. The van der Waals surface area contributed by atoms with Crippen LogP contribution in [0.5, 0.6) is 0 Å². The predicted octanol–water partition coefficient (Wildman–Crippen LogP) is 3.51. The first-order valence-corrected chi connectivity index (χ1v) is 5.78. The van der Waals surface area contributed by atoms with Crippen LogP contribution in [0.1, 0.15) is 16.8 Å². The third-order valence-electron chi connectivity index (χ3n) is 2.35. The number of hydrogen-bond acceptors (Lipinski definition) is 4. The highest BCUT2D eigenvalue weighted by molar-refractivity contribution is 7.10. The van der Waals surface area contributed by atoms with Crippen molar-refractivity contribution >= 4 is 22.2 Å². The average molecular weight is 247 g/mol. The summed E-state index contributed by atoms with van der Waals surface area (Å²) >= 11 is 1.16. The lowest BCUT2D eigenvalue weighted by Gasteiger charge is -2.05. The van der Waals surface area contributed by atoms with Crippen LogP contribution in [0.3, 0.4) is 0 Å². The molecule has 1 aromatic heterocycles. The number of nitrogens with zero attached hydrogens (tertiary/aromatic N) is 2. The van der Waals surface area contributed by atoms with Gasteiger partial charge in [0.05, 0.1) is 11.4 Å². The van der Waals surface area contributed by atoms with Gasteiger partial charge in [0.25, 0.3) is 0 Å². The lowest BCUT2D eigenvalue weighted by molar-refractivity contribution is 0.631. The van der Waals surface area contributed by atoms with E-state index < -0.39 is 0 Å². The van der Waals surface area contributed by atoms with Gasteiger partial charge in [-0.25, -0.2) is 4.39 Å². The number of halogens is 1. The number of hydrogen-bond donors (Lipinski definition) is 1. The van der Waals surface area contributed by atoms with Gasteiger partial charge in [-0.05, 0) is 43.1 Å². The highest BCUT2D eigenvalue weighted by Crippen LogP contribution is 2.28. The van der Waals surface area contributed by atoms with Gasteiger partial charge >= 0.3 is 0 Å². The van der Waals surface area contributed by atoms with E-state index in [1.165, 1.54) is 6.07 Å². The summed E-state index contributed by atoms with van der Waals surface area (Å²) in [5.74, 6) is -0.333. The summed E-state index contributed by atoms with van der Waals surface area (Å²) < 4.78 is 17.7. The van der Waals surface area contributed by atoms with Crippen molar-refractivity contribution < 1.29 is 4.39 Å². The van der Waals surface area contributed by atoms with Crippen molar-refractivity contribution in [1.29, 1.82) is 5.26 Å². The van der Waals surface area contributed by atoms with Gasteiger partial charge in [-0.15, -0.1) is 0 Å². The molecule has 0 unspecified atom stereocenters. The second-order valence-corrected chi connectivity index (χ2v) is 4.47. The largest absolute Gasteiger partial charge is 0.342 e. The molecular formula is C12H10FN3S. The molecule has 0 spiro atoms. The molecule has 5 heteroatoms. The van der Waals surface area contributed by atoms with Crippen LogP contribution >= 0.6 is 11.5 Å². The number of aryl methyl sites for hydroxylation is 2. The maximum absolute atomic E-state index is 13.6. The van der Waals surface area contributed by atoms with Gasteiger partial charge < -0.3 is 5.32 Å². The van der Waals surface area contributed by atoms with Crippen molar-refractivity contribution in [3.05, 3.63) is 40.8 Å². The highest BCUT2D eigenvalue weighted by atomic mass is 32.1. The molecule has 1 aromatic carbocycles. The van der Waals surface area contributed by atoms with Crippen LogP contribution in [0.15, 0.2) is 18.2 Å². The van der Waals surface area contributed by atoms with E-state index in [0.717, 1.165) is 17.1 Å². The van der Waals surface area contributed by atoms with E-state index in [0.29, 0.717) is 21.9 Å². The van der Waals surface area contributed by atoms with Crippen LogP contribution in [0, 0.1) is 31.0 Å².